The molecule has 0 heterocycles. The fraction of sp³-hybridized carbons (Fsp3) is 0.533. The third-order valence-corrected chi connectivity index (χ3v) is 5.16. The summed E-state index contributed by atoms with van der Waals surface area (Å²) in [5.41, 5.74) is 1.89. The first-order chi connectivity index (χ1) is 8.66. The molecule has 0 spiro atoms. The fourth-order valence-electron chi connectivity index (χ4n) is 3.48. The molecular weight excluding hydrogens is 267 g/mol. The SMILES string of the molecule is O=C1c2cc(Cl)c(Cl)cc2CCC1C1CCCC1. The lowest BCUT2D eigenvalue weighted by Crippen LogP contribution is -2.28. The van der Waals surface area contributed by atoms with E-state index in [-0.39, 0.29) is 5.92 Å². The van der Waals surface area contributed by atoms with Crippen molar-refractivity contribution in [2.24, 2.45) is 11.8 Å². The molecule has 1 nitrogen and oxygen atoms in total. The average molecular weight is 283 g/mol. The number of aryl methyl sites for hydroxylation is 1. The lowest BCUT2D eigenvalue weighted by atomic mass is 9.75. The predicted octanol–water partition coefficient (Wildman–Crippen LogP) is 4.93. The van der Waals surface area contributed by atoms with E-state index in [0.717, 1.165) is 24.0 Å². The number of Topliss-reactive ketones (excluding diaryl/α,β-unsaturated/α-hetero) is 1. The van der Waals surface area contributed by atoms with Gasteiger partial charge in [-0.05, 0) is 49.3 Å². The van der Waals surface area contributed by atoms with E-state index in [1.54, 1.807) is 6.07 Å². The molecule has 2 aliphatic carbocycles. The zero-order chi connectivity index (χ0) is 12.7. The number of ketones is 1. The van der Waals surface area contributed by atoms with Gasteiger partial charge in [0.2, 0.25) is 0 Å². The van der Waals surface area contributed by atoms with Crippen LogP contribution in [0.25, 0.3) is 0 Å². The van der Waals surface area contributed by atoms with Gasteiger partial charge in [-0.3, -0.25) is 4.79 Å². The highest BCUT2D eigenvalue weighted by Gasteiger charge is 2.35. The first kappa shape index (κ1) is 12.5. The van der Waals surface area contributed by atoms with E-state index in [0.29, 0.717) is 21.7 Å². The van der Waals surface area contributed by atoms with Crippen LogP contribution in [-0.2, 0) is 6.42 Å². The second-order valence-electron chi connectivity index (χ2n) is 5.48. The van der Waals surface area contributed by atoms with Gasteiger partial charge >= 0.3 is 0 Å². The van der Waals surface area contributed by atoms with Crippen molar-refractivity contribution in [3.05, 3.63) is 33.3 Å². The smallest absolute Gasteiger partial charge is 0.166 e. The summed E-state index contributed by atoms with van der Waals surface area (Å²) in [6, 6.07) is 3.63. The molecule has 0 radical (unpaired) electrons. The topological polar surface area (TPSA) is 17.1 Å². The molecule has 3 heteroatoms. The van der Waals surface area contributed by atoms with Crippen LogP contribution in [-0.4, -0.2) is 5.78 Å². The number of hydrogen-bond donors (Lipinski definition) is 0. The number of halogens is 2. The van der Waals surface area contributed by atoms with Crippen molar-refractivity contribution in [2.45, 2.75) is 38.5 Å². The Labute approximate surface area is 117 Å². The van der Waals surface area contributed by atoms with Crippen molar-refractivity contribution in [3.63, 3.8) is 0 Å². The molecule has 0 amide bonds. The van der Waals surface area contributed by atoms with E-state index in [4.69, 9.17) is 23.2 Å². The highest BCUT2D eigenvalue weighted by Crippen LogP contribution is 2.40. The van der Waals surface area contributed by atoms with Gasteiger partial charge in [0.25, 0.3) is 0 Å². The summed E-state index contributed by atoms with van der Waals surface area (Å²) in [4.78, 5) is 12.6. The number of rotatable bonds is 1. The Kier molecular flexibility index (Phi) is 3.38. The Balaban J connectivity index is 1.93. The molecule has 3 rings (SSSR count). The van der Waals surface area contributed by atoms with Crippen LogP contribution in [0.4, 0.5) is 0 Å². The van der Waals surface area contributed by atoms with E-state index in [1.807, 2.05) is 6.07 Å². The van der Waals surface area contributed by atoms with Gasteiger partial charge in [0.1, 0.15) is 0 Å². The van der Waals surface area contributed by atoms with Gasteiger partial charge in [-0.1, -0.05) is 36.0 Å². The minimum Gasteiger partial charge on any atom is -0.294 e. The quantitative estimate of drug-likeness (QED) is 0.714. The summed E-state index contributed by atoms with van der Waals surface area (Å²) in [5.74, 6) is 1.11. The summed E-state index contributed by atoms with van der Waals surface area (Å²) >= 11 is 12.0. The molecule has 96 valence electrons. The molecule has 1 atom stereocenters. The van der Waals surface area contributed by atoms with Crippen LogP contribution in [0, 0.1) is 11.8 Å². The highest BCUT2D eigenvalue weighted by atomic mass is 35.5. The molecule has 1 fully saturated rings. The summed E-state index contributed by atoms with van der Waals surface area (Å²) in [7, 11) is 0. The fourth-order valence-corrected chi connectivity index (χ4v) is 3.83. The average Bonchev–Trinajstić information content (AvgIpc) is 2.86. The Morgan fingerprint density at radius 2 is 1.67 bits per heavy atom. The van der Waals surface area contributed by atoms with Gasteiger partial charge in [-0.2, -0.15) is 0 Å². The summed E-state index contributed by atoms with van der Waals surface area (Å²) in [6.45, 7) is 0. The Morgan fingerprint density at radius 3 is 2.39 bits per heavy atom. The highest BCUT2D eigenvalue weighted by molar-refractivity contribution is 6.42. The van der Waals surface area contributed by atoms with Crippen molar-refractivity contribution < 1.29 is 4.79 Å². The molecule has 0 aliphatic heterocycles. The number of fused-ring (bicyclic) bond motifs is 1. The van der Waals surface area contributed by atoms with Crippen LogP contribution in [0.2, 0.25) is 10.0 Å². The molecular formula is C15H16Cl2O. The van der Waals surface area contributed by atoms with Gasteiger partial charge in [0, 0.05) is 11.5 Å². The molecule has 0 aromatic heterocycles. The minimum absolute atomic E-state index is 0.220. The number of hydrogen-bond acceptors (Lipinski definition) is 1. The Morgan fingerprint density at radius 1 is 1.00 bits per heavy atom. The van der Waals surface area contributed by atoms with Gasteiger partial charge in [-0.25, -0.2) is 0 Å². The van der Waals surface area contributed by atoms with Gasteiger partial charge < -0.3 is 0 Å². The van der Waals surface area contributed by atoms with E-state index in [2.05, 4.69) is 0 Å². The standard InChI is InChI=1S/C15H16Cl2O/c16-13-7-10-5-6-11(9-3-1-2-4-9)15(18)12(10)8-14(13)17/h7-9,11H,1-6H2. The molecule has 1 aromatic carbocycles. The Bertz CT molecular complexity index is 490. The maximum absolute atomic E-state index is 12.6. The second kappa shape index (κ2) is 4.86. The van der Waals surface area contributed by atoms with Gasteiger partial charge in [0.15, 0.2) is 5.78 Å². The van der Waals surface area contributed by atoms with Crippen molar-refractivity contribution in [3.8, 4) is 0 Å². The maximum atomic E-state index is 12.6. The van der Waals surface area contributed by atoms with Gasteiger partial charge in [-0.15, -0.1) is 0 Å². The first-order valence-electron chi connectivity index (χ1n) is 6.69. The van der Waals surface area contributed by atoms with Crippen LogP contribution in [0.3, 0.4) is 0 Å². The predicted molar refractivity (Wildman–Crippen MR) is 74.6 cm³/mol. The molecule has 1 saturated carbocycles. The summed E-state index contributed by atoms with van der Waals surface area (Å²) in [6.07, 6.45) is 6.93. The number of carbonyl (C=O) groups is 1. The summed E-state index contributed by atoms with van der Waals surface area (Å²) < 4.78 is 0. The number of carbonyl (C=O) groups excluding carboxylic acids is 1. The van der Waals surface area contributed by atoms with E-state index < -0.39 is 0 Å². The Hall–Kier alpha value is -0.530. The lowest BCUT2D eigenvalue weighted by molar-refractivity contribution is 0.0850. The lowest BCUT2D eigenvalue weighted by Gasteiger charge is -2.28. The van der Waals surface area contributed by atoms with Crippen molar-refractivity contribution in [1.29, 1.82) is 0 Å². The minimum atomic E-state index is 0.220. The monoisotopic (exact) mass is 282 g/mol. The molecule has 0 saturated heterocycles. The van der Waals surface area contributed by atoms with E-state index in [9.17, 15) is 4.79 Å². The molecule has 0 bridgehead atoms. The first-order valence-corrected chi connectivity index (χ1v) is 7.44. The summed E-state index contributed by atoms with van der Waals surface area (Å²) in [5, 5.41) is 1.05. The van der Waals surface area contributed by atoms with Crippen LogP contribution in [0.1, 0.15) is 48.0 Å². The third kappa shape index (κ3) is 2.08. The molecule has 1 aromatic rings. The molecule has 18 heavy (non-hydrogen) atoms. The van der Waals surface area contributed by atoms with E-state index >= 15 is 0 Å². The third-order valence-electron chi connectivity index (χ3n) is 4.44. The van der Waals surface area contributed by atoms with Crippen LogP contribution >= 0.6 is 23.2 Å². The maximum Gasteiger partial charge on any atom is 0.166 e. The molecule has 2 aliphatic rings. The second-order valence-corrected chi connectivity index (χ2v) is 6.29. The van der Waals surface area contributed by atoms with Crippen molar-refractivity contribution in [1.82, 2.24) is 0 Å². The van der Waals surface area contributed by atoms with E-state index in [1.165, 1.54) is 25.7 Å². The molecule has 1 unspecified atom stereocenters. The zero-order valence-corrected chi connectivity index (χ0v) is 11.7. The zero-order valence-electron chi connectivity index (χ0n) is 10.2. The number of benzene rings is 1. The normalized spacial score (nSPS) is 24.3. The van der Waals surface area contributed by atoms with Crippen molar-refractivity contribution in [2.75, 3.05) is 0 Å². The molecule has 0 N–H and O–H groups in total. The largest absolute Gasteiger partial charge is 0.294 e. The van der Waals surface area contributed by atoms with Crippen LogP contribution < -0.4 is 0 Å². The van der Waals surface area contributed by atoms with Crippen LogP contribution in [0.15, 0.2) is 12.1 Å². The van der Waals surface area contributed by atoms with Crippen molar-refractivity contribution >= 4 is 29.0 Å². The van der Waals surface area contributed by atoms with Crippen LogP contribution in [0.5, 0.6) is 0 Å². The van der Waals surface area contributed by atoms with Gasteiger partial charge in [0.05, 0.1) is 10.0 Å².